The van der Waals surface area contributed by atoms with Crippen LogP contribution in [0.5, 0.6) is 0 Å². The molecule has 1 fully saturated rings. The summed E-state index contributed by atoms with van der Waals surface area (Å²) in [7, 11) is 0. The Morgan fingerprint density at radius 2 is 1.73 bits per heavy atom. The summed E-state index contributed by atoms with van der Waals surface area (Å²) in [4.78, 5) is 12.1. The zero-order valence-electron chi connectivity index (χ0n) is 10.6. The minimum absolute atomic E-state index is 0.0689. The lowest BCUT2D eigenvalue weighted by Gasteiger charge is -2.38. The first kappa shape index (κ1) is 12.5. The van der Waals surface area contributed by atoms with E-state index < -0.39 is 0 Å². The van der Waals surface area contributed by atoms with Crippen LogP contribution in [0.2, 0.25) is 0 Å². The van der Waals surface area contributed by atoms with Gasteiger partial charge in [-0.05, 0) is 37.5 Å². The number of piperidine rings is 1. The standard InChI is InChI=1S/C13H25NO/c1-10(2)8-13(9-11(3)4)6-5-7-14-12(13)15/h10-11H,5-9H2,1-4H3,(H,14,15). The van der Waals surface area contributed by atoms with Gasteiger partial charge in [-0.1, -0.05) is 27.7 Å². The summed E-state index contributed by atoms with van der Waals surface area (Å²) in [6, 6.07) is 0. The SMILES string of the molecule is CC(C)CC1(CC(C)C)CCCNC1=O. The molecule has 0 unspecified atom stereocenters. The molecule has 1 rings (SSSR count). The van der Waals surface area contributed by atoms with Crippen molar-refractivity contribution in [2.45, 2.75) is 53.4 Å². The van der Waals surface area contributed by atoms with Gasteiger partial charge in [0.05, 0.1) is 0 Å². The van der Waals surface area contributed by atoms with Crippen LogP contribution in [0.3, 0.4) is 0 Å². The van der Waals surface area contributed by atoms with Crippen molar-refractivity contribution in [3.05, 3.63) is 0 Å². The molecule has 0 atom stereocenters. The second kappa shape index (κ2) is 5.00. The Hall–Kier alpha value is -0.530. The number of rotatable bonds is 4. The van der Waals surface area contributed by atoms with Gasteiger partial charge in [0.25, 0.3) is 0 Å². The van der Waals surface area contributed by atoms with E-state index in [2.05, 4.69) is 33.0 Å². The average molecular weight is 211 g/mol. The molecule has 1 aliphatic rings. The first-order valence-corrected chi connectivity index (χ1v) is 6.24. The topological polar surface area (TPSA) is 29.1 Å². The number of carbonyl (C=O) groups is 1. The minimum Gasteiger partial charge on any atom is -0.356 e. The van der Waals surface area contributed by atoms with Crippen LogP contribution >= 0.6 is 0 Å². The molecule has 1 N–H and O–H groups in total. The molecule has 0 radical (unpaired) electrons. The molecule has 0 aromatic rings. The molecule has 1 heterocycles. The predicted octanol–water partition coefficient (Wildman–Crippen LogP) is 2.98. The smallest absolute Gasteiger partial charge is 0.226 e. The summed E-state index contributed by atoms with van der Waals surface area (Å²) in [5, 5.41) is 3.04. The Labute approximate surface area is 93.8 Å². The van der Waals surface area contributed by atoms with Crippen LogP contribution in [0.1, 0.15) is 53.4 Å². The van der Waals surface area contributed by atoms with E-state index in [1.165, 1.54) is 0 Å². The van der Waals surface area contributed by atoms with Crippen molar-refractivity contribution < 1.29 is 4.79 Å². The van der Waals surface area contributed by atoms with E-state index in [0.29, 0.717) is 17.7 Å². The monoisotopic (exact) mass is 211 g/mol. The lowest BCUT2D eigenvalue weighted by Crippen LogP contribution is -2.47. The Kier molecular flexibility index (Phi) is 4.18. The van der Waals surface area contributed by atoms with Crippen LogP contribution in [-0.4, -0.2) is 12.5 Å². The molecule has 88 valence electrons. The fraction of sp³-hybridized carbons (Fsp3) is 0.923. The molecule has 0 saturated carbocycles. The first-order chi connectivity index (χ1) is 6.96. The van der Waals surface area contributed by atoms with Crippen LogP contribution < -0.4 is 5.32 Å². The third kappa shape index (κ3) is 3.22. The van der Waals surface area contributed by atoms with Crippen LogP contribution in [0.15, 0.2) is 0 Å². The largest absolute Gasteiger partial charge is 0.356 e. The van der Waals surface area contributed by atoms with E-state index in [9.17, 15) is 4.79 Å². The van der Waals surface area contributed by atoms with Crippen molar-refractivity contribution in [1.29, 1.82) is 0 Å². The van der Waals surface area contributed by atoms with E-state index in [0.717, 1.165) is 32.2 Å². The van der Waals surface area contributed by atoms with Crippen molar-refractivity contribution in [3.63, 3.8) is 0 Å². The van der Waals surface area contributed by atoms with Gasteiger partial charge in [0.1, 0.15) is 0 Å². The maximum Gasteiger partial charge on any atom is 0.226 e. The molecular formula is C13H25NO. The summed E-state index contributed by atoms with van der Waals surface area (Å²) in [5.74, 6) is 1.51. The fourth-order valence-electron chi connectivity index (χ4n) is 2.97. The van der Waals surface area contributed by atoms with Gasteiger partial charge in [0, 0.05) is 12.0 Å². The van der Waals surface area contributed by atoms with E-state index in [-0.39, 0.29) is 5.41 Å². The van der Waals surface area contributed by atoms with E-state index in [4.69, 9.17) is 0 Å². The van der Waals surface area contributed by atoms with Crippen LogP contribution in [0, 0.1) is 17.3 Å². The van der Waals surface area contributed by atoms with E-state index in [1.807, 2.05) is 0 Å². The molecule has 0 aliphatic carbocycles. The molecule has 1 saturated heterocycles. The van der Waals surface area contributed by atoms with Gasteiger partial charge in [-0.2, -0.15) is 0 Å². The Morgan fingerprint density at radius 3 is 2.13 bits per heavy atom. The molecule has 1 aliphatic heterocycles. The molecule has 15 heavy (non-hydrogen) atoms. The summed E-state index contributed by atoms with van der Waals surface area (Å²) in [6.07, 6.45) is 4.30. The van der Waals surface area contributed by atoms with Gasteiger partial charge in [-0.3, -0.25) is 4.79 Å². The normalized spacial score (nSPS) is 20.8. The van der Waals surface area contributed by atoms with Crippen molar-refractivity contribution in [2.24, 2.45) is 17.3 Å². The maximum atomic E-state index is 12.1. The van der Waals surface area contributed by atoms with Crippen LogP contribution in [0.25, 0.3) is 0 Å². The number of nitrogens with one attached hydrogen (secondary N) is 1. The second-order valence-corrected chi connectivity index (χ2v) is 5.84. The minimum atomic E-state index is -0.0689. The lowest BCUT2D eigenvalue weighted by molar-refractivity contribution is -0.135. The summed E-state index contributed by atoms with van der Waals surface area (Å²) < 4.78 is 0. The molecule has 2 nitrogen and oxygen atoms in total. The molecule has 0 aromatic carbocycles. The number of hydrogen-bond acceptors (Lipinski definition) is 1. The number of hydrogen-bond donors (Lipinski definition) is 1. The van der Waals surface area contributed by atoms with Gasteiger partial charge < -0.3 is 5.32 Å². The lowest BCUT2D eigenvalue weighted by atomic mass is 9.69. The highest BCUT2D eigenvalue weighted by Gasteiger charge is 2.40. The average Bonchev–Trinajstić information content (AvgIpc) is 2.08. The van der Waals surface area contributed by atoms with Crippen LogP contribution in [0.4, 0.5) is 0 Å². The quantitative estimate of drug-likeness (QED) is 0.761. The number of carbonyl (C=O) groups excluding carboxylic acids is 1. The third-order valence-electron chi connectivity index (χ3n) is 3.20. The highest BCUT2D eigenvalue weighted by atomic mass is 16.2. The molecule has 2 heteroatoms. The van der Waals surface area contributed by atoms with E-state index >= 15 is 0 Å². The fourth-order valence-corrected chi connectivity index (χ4v) is 2.97. The predicted molar refractivity (Wildman–Crippen MR) is 63.6 cm³/mol. The second-order valence-electron chi connectivity index (χ2n) is 5.84. The van der Waals surface area contributed by atoms with Gasteiger partial charge in [-0.15, -0.1) is 0 Å². The van der Waals surface area contributed by atoms with Gasteiger partial charge in [0.15, 0.2) is 0 Å². The summed E-state index contributed by atoms with van der Waals surface area (Å²) >= 11 is 0. The van der Waals surface area contributed by atoms with Crippen molar-refractivity contribution in [1.82, 2.24) is 5.32 Å². The van der Waals surface area contributed by atoms with Crippen molar-refractivity contribution in [2.75, 3.05) is 6.54 Å². The summed E-state index contributed by atoms with van der Waals surface area (Å²) in [6.45, 7) is 9.72. The van der Waals surface area contributed by atoms with E-state index in [1.54, 1.807) is 0 Å². The van der Waals surface area contributed by atoms with Gasteiger partial charge in [-0.25, -0.2) is 0 Å². The van der Waals surface area contributed by atoms with Crippen molar-refractivity contribution >= 4 is 5.91 Å². The Bertz CT molecular complexity index is 211. The zero-order valence-corrected chi connectivity index (χ0v) is 10.6. The van der Waals surface area contributed by atoms with Gasteiger partial charge in [0.2, 0.25) is 5.91 Å². The molecule has 1 amide bonds. The highest BCUT2D eigenvalue weighted by molar-refractivity contribution is 5.83. The van der Waals surface area contributed by atoms with Crippen molar-refractivity contribution in [3.8, 4) is 0 Å². The molecule has 0 bridgehead atoms. The highest BCUT2D eigenvalue weighted by Crippen LogP contribution is 2.40. The van der Waals surface area contributed by atoms with Crippen LogP contribution in [-0.2, 0) is 4.79 Å². The first-order valence-electron chi connectivity index (χ1n) is 6.24. The zero-order chi connectivity index (χ0) is 11.5. The molecule has 0 aromatic heterocycles. The third-order valence-corrected chi connectivity index (χ3v) is 3.20. The maximum absolute atomic E-state index is 12.1. The Balaban J connectivity index is 2.77. The Morgan fingerprint density at radius 1 is 1.20 bits per heavy atom. The molecule has 0 spiro atoms. The van der Waals surface area contributed by atoms with Gasteiger partial charge >= 0.3 is 0 Å². The number of amides is 1. The molecular weight excluding hydrogens is 186 g/mol. The summed E-state index contributed by atoms with van der Waals surface area (Å²) in [5.41, 5.74) is -0.0689.